The molecule has 0 spiro atoms. The van der Waals surface area contributed by atoms with Crippen molar-refractivity contribution >= 4 is 28.1 Å². The first-order valence-corrected chi connectivity index (χ1v) is 3.63. The molecule has 0 saturated carbocycles. The minimum atomic E-state index is -0.373. The number of Topliss-reactive ketones (excluding diaryl/α,β-unsaturated/α-hetero) is 1. The Bertz CT molecular complexity index is 116. The number of ketones is 1. The molecule has 0 aliphatic rings. The van der Waals surface area contributed by atoms with Gasteiger partial charge in [-0.05, 0) is 6.92 Å². The third kappa shape index (κ3) is 3.24. The highest BCUT2D eigenvalue weighted by atomic mass is 79.9. The second-order valence-electron chi connectivity index (χ2n) is 1.61. The molecule has 0 aromatic heterocycles. The summed E-state index contributed by atoms with van der Waals surface area (Å²) in [5, 5.41) is 2.62. The summed E-state index contributed by atoms with van der Waals surface area (Å²) >= 11 is 2.98. The van der Waals surface area contributed by atoms with E-state index in [0.29, 0.717) is 6.41 Å². The van der Waals surface area contributed by atoms with Gasteiger partial charge in [0.25, 0.3) is 0 Å². The number of rotatable bonds is 4. The van der Waals surface area contributed by atoms with Gasteiger partial charge in [-0.1, -0.05) is 15.9 Å². The molecule has 0 fully saturated rings. The quantitative estimate of drug-likeness (QED) is 0.509. The van der Waals surface area contributed by atoms with Crippen LogP contribution in [0.1, 0.15) is 6.92 Å². The molecule has 1 atom stereocenters. The topological polar surface area (TPSA) is 46.2 Å². The van der Waals surface area contributed by atoms with Crippen molar-refractivity contribution in [3.05, 3.63) is 0 Å². The van der Waals surface area contributed by atoms with Crippen LogP contribution in [0.5, 0.6) is 0 Å². The summed E-state index contributed by atoms with van der Waals surface area (Å²) in [6.45, 7) is 1.64. The average molecular weight is 194 g/mol. The second-order valence-corrected chi connectivity index (χ2v) is 2.17. The Labute approximate surface area is 61.9 Å². The van der Waals surface area contributed by atoms with Gasteiger partial charge >= 0.3 is 0 Å². The molecule has 0 rings (SSSR count). The van der Waals surface area contributed by atoms with Crippen LogP contribution in [0.4, 0.5) is 0 Å². The van der Waals surface area contributed by atoms with E-state index in [-0.39, 0.29) is 17.2 Å². The van der Waals surface area contributed by atoms with Crippen molar-refractivity contribution in [2.24, 2.45) is 0 Å². The van der Waals surface area contributed by atoms with Crippen LogP contribution < -0.4 is 5.32 Å². The number of carbonyl (C=O) groups is 2. The van der Waals surface area contributed by atoms with Crippen LogP contribution in [0.15, 0.2) is 0 Å². The summed E-state index contributed by atoms with van der Waals surface area (Å²) in [4.78, 5) is 20.4. The third-order valence-electron chi connectivity index (χ3n) is 0.933. The van der Waals surface area contributed by atoms with Crippen LogP contribution in [-0.4, -0.2) is 23.6 Å². The zero-order valence-electron chi connectivity index (χ0n) is 5.06. The zero-order chi connectivity index (χ0) is 7.28. The van der Waals surface area contributed by atoms with Crippen LogP contribution >= 0.6 is 15.9 Å². The molecule has 1 unspecified atom stereocenters. The van der Waals surface area contributed by atoms with Crippen LogP contribution in [0.3, 0.4) is 0 Å². The van der Waals surface area contributed by atoms with Gasteiger partial charge < -0.3 is 5.32 Å². The van der Waals surface area contributed by atoms with Crippen molar-refractivity contribution in [3.63, 3.8) is 0 Å². The molecule has 0 saturated heterocycles. The Morgan fingerprint density at radius 1 is 1.89 bits per heavy atom. The average Bonchev–Trinajstić information content (AvgIpc) is 1.87. The van der Waals surface area contributed by atoms with Gasteiger partial charge in [0.1, 0.15) is 0 Å². The summed E-state index contributed by atoms with van der Waals surface area (Å²) in [6, 6.07) is -0.373. The maximum atomic E-state index is 10.6. The van der Waals surface area contributed by atoms with E-state index in [9.17, 15) is 9.59 Å². The Morgan fingerprint density at radius 2 is 2.44 bits per heavy atom. The molecule has 0 heterocycles. The first-order valence-electron chi connectivity index (χ1n) is 2.50. The minimum absolute atomic E-state index is 0.0258. The van der Waals surface area contributed by atoms with Gasteiger partial charge in [0.2, 0.25) is 6.41 Å². The fraction of sp³-hybridized carbons (Fsp3) is 0.600. The van der Waals surface area contributed by atoms with Gasteiger partial charge in [-0.25, -0.2) is 0 Å². The molecule has 52 valence electrons. The first kappa shape index (κ1) is 8.62. The molecule has 4 heteroatoms. The fourth-order valence-corrected chi connectivity index (χ4v) is 0.796. The van der Waals surface area contributed by atoms with E-state index >= 15 is 0 Å². The maximum Gasteiger partial charge on any atom is 0.207 e. The molecule has 1 N–H and O–H groups in total. The number of halogens is 1. The van der Waals surface area contributed by atoms with Crippen LogP contribution in [0.25, 0.3) is 0 Å². The Morgan fingerprint density at radius 3 is 2.78 bits per heavy atom. The van der Waals surface area contributed by atoms with Crippen LogP contribution in [0.2, 0.25) is 0 Å². The molecular formula is C5H8BrNO2. The third-order valence-corrected chi connectivity index (χ3v) is 1.49. The highest BCUT2D eigenvalue weighted by Gasteiger charge is 2.07. The SMILES string of the molecule is CC(NC=O)C(=O)CBr. The molecule has 0 aromatic rings. The lowest BCUT2D eigenvalue weighted by Crippen LogP contribution is -2.33. The highest BCUT2D eigenvalue weighted by molar-refractivity contribution is 9.09. The largest absolute Gasteiger partial charge is 0.349 e. The molecule has 0 aliphatic heterocycles. The summed E-state index contributed by atoms with van der Waals surface area (Å²) in [7, 11) is 0. The number of nitrogens with one attached hydrogen (secondary N) is 1. The molecule has 3 nitrogen and oxygen atoms in total. The second kappa shape index (κ2) is 4.49. The smallest absolute Gasteiger partial charge is 0.207 e. The normalized spacial score (nSPS) is 12.2. The van der Waals surface area contributed by atoms with Crippen molar-refractivity contribution in [1.82, 2.24) is 5.32 Å². The summed E-state index contributed by atoms with van der Waals surface area (Å²) < 4.78 is 0. The lowest BCUT2D eigenvalue weighted by atomic mass is 10.2. The van der Waals surface area contributed by atoms with E-state index < -0.39 is 0 Å². The van der Waals surface area contributed by atoms with Crippen molar-refractivity contribution in [2.75, 3.05) is 5.33 Å². The molecule has 9 heavy (non-hydrogen) atoms. The first-order chi connectivity index (χ1) is 4.22. The van der Waals surface area contributed by atoms with Gasteiger partial charge in [0.15, 0.2) is 5.78 Å². The summed E-state index contributed by atoms with van der Waals surface area (Å²) in [6.07, 6.45) is 0.519. The van der Waals surface area contributed by atoms with Crippen LogP contribution in [0, 0.1) is 0 Å². The lowest BCUT2D eigenvalue weighted by molar-refractivity contribution is -0.120. The van der Waals surface area contributed by atoms with Gasteiger partial charge in [0.05, 0.1) is 11.4 Å². The Balaban J connectivity index is 3.58. The molecule has 1 amide bonds. The standard InChI is InChI=1S/C5H8BrNO2/c1-4(7-3-8)5(9)2-6/h3-4H,2H2,1H3,(H,7,8). The monoisotopic (exact) mass is 193 g/mol. The van der Waals surface area contributed by atoms with Gasteiger partial charge in [0, 0.05) is 0 Å². The number of carbonyl (C=O) groups excluding carboxylic acids is 2. The molecular weight excluding hydrogens is 186 g/mol. The molecule has 0 aliphatic carbocycles. The predicted octanol–water partition coefficient (Wildman–Crippen LogP) is 0.0849. The van der Waals surface area contributed by atoms with Crippen molar-refractivity contribution in [1.29, 1.82) is 0 Å². The van der Waals surface area contributed by atoms with Gasteiger partial charge in [-0.15, -0.1) is 0 Å². The van der Waals surface area contributed by atoms with E-state index in [1.165, 1.54) is 0 Å². The Hall–Kier alpha value is -0.380. The number of hydrogen-bond acceptors (Lipinski definition) is 2. The van der Waals surface area contributed by atoms with E-state index in [2.05, 4.69) is 21.2 Å². The van der Waals surface area contributed by atoms with E-state index in [1.54, 1.807) is 6.92 Å². The van der Waals surface area contributed by atoms with Crippen molar-refractivity contribution in [2.45, 2.75) is 13.0 Å². The lowest BCUT2D eigenvalue weighted by Gasteiger charge is -2.04. The van der Waals surface area contributed by atoms with Gasteiger partial charge in [-0.3, -0.25) is 9.59 Å². The summed E-state index contributed by atoms with van der Waals surface area (Å²) in [5.41, 5.74) is 0. The maximum absolute atomic E-state index is 10.6. The van der Waals surface area contributed by atoms with Crippen LogP contribution in [-0.2, 0) is 9.59 Å². The number of hydrogen-bond donors (Lipinski definition) is 1. The van der Waals surface area contributed by atoms with Crippen molar-refractivity contribution in [3.8, 4) is 0 Å². The molecule has 0 aromatic carbocycles. The zero-order valence-corrected chi connectivity index (χ0v) is 6.64. The minimum Gasteiger partial charge on any atom is -0.349 e. The summed E-state index contributed by atoms with van der Waals surface area (Å²) in [5.74, 6) is -0.0258. The molecule has 0 bridgehead atoms. The van der Waals surface area contributed by atoms with Gasteiger partial charge in [-0.2, -0.15) is 0 Å². The Kier molecular flexibility index (Phi) is 4.30. The van der Waals surface area contributed by atoms with E-state index in [0.717, 1.165) is 0 Å². The number of alkyl halides is 1. The predicted molar refractivity (Wildman–Crippen MR) is 37.5 cm³/mol. The van der Waals surface area contributed by atoms with E-state index in [4.69, 9.17) is 0 Å². The van der Waals surface area contributed by atoms with E-state index in [1.807, 2.05) is 0 Å². The number of amides is 1. The fourth-order valence-electron chi connectivity index (χ4n) is 0.311. The molecule has 0 radical (unpaired) electrons. The highest BCUT2D eigenvalue weighted by Crippen LogP contribution is 1.87. The van der Waals surface area contributed by atoms with Crippen molar-refractivity contribution < 1.29 is 9.59 Å².